The summed E-state index contributed by atoms with van der Waals surface area (Å²) >= 11 is 0. The van der Waals surface area contributed by atoms with Gasteiger partial charge < -0.3 is 24.7 Å². The Morgan fingerprint density at radius 3 is 2.23 bits per heavy atom. The highest BCUT2D eigenvalue weighted by atomic mass is 32.2. The Hall–Kier alpha value is -2.03. The van der Waals surface area contributed by atoms with Gasteiger partial charge in [-0.3, -0.25) is 4.21 Å². The van der Waals surface area contributed by atoms with Crippen LogP contribution in [0.3, 0.4) is 0 Å². The van der Waals surface area contributed by atoms with Crippen LogP contribution in [0.25, 0.3) is 0 Å². The molecule has 0 aromatic carbocycles. The van der Waals surface area contributed by atoms with E-state index in [1.165, 1.54) is 14.1 Å². The molecule has 22 heavy (non-hydrogen) atoms. The van der Waals surface area contributed by atoms with Crippen molar-refractivity contribution in [2.24, 2.45) is 0 Å². The average molecular weight is 329 g/mol. The quantitative estimate of drug-likeness (QED) is 0.848. The Bertz CT molecular complexity index is 626. The van der Waals surface area contributed by atoms with E-state index < -0.39 is 23.0 Å². The molecule has 9 heteroatoms. The number of aromatic nitrogens is 1. The first-order valence-corrected chi connectivity index (χ1v) is 8.20. The van der Waals surface area contributed by atoms with Crippen molar-refractivity contribution >= 4 is 23.0 Å². The summed E-state index contributed by atoms with van der Waals surface area (Å²) in [6.07, 6.45) is -1.08. The van der Waals surface area contributed by atoms with E-state index in [0.717, 1.165) is 22.5 Å². The molecule has 1 aliphatic heterocycles. The van der Waals surface area contributed by atoms with Gasteiger partial charge in [-0.15, -0.1) is 0 Å². The van der Waals surface area contributed by atoms with Crippen LogP contribution in [-0.4, -0.2) is 35.1 Å². The molecule has 2 amide bonds. The van der Waals surface area contributed by atoms with E-state index in [2.05, 4.69) is 10.6 Å². The standard InChI is InChI=1S/C13H19N3O5S/c1-8-9(4-20-12(17)14-2)10(5-21-13(18)15-3)11-6-22(19)7-16(8)11/h4-7H2,1-3H3,(H,14,17)(H,15,18). The molecule has 0 aliphatic carbocycles. The number of nitrogens with one attached hydrogen (secondary N) is 2. The predicted molar refractivity (Wildman–Crippen MR) is 79.5 cm³/mol. The number of carbonyl (C=O) groups is 2. The van der Waals surface area contributed by atoms with Gasteiger partial charge in [0.25, 0.3) is 0 Å². The summed E-state index contributed by atoms with van der Waals surface area (Å²) in [7, 11) is 1.99. The topological polar surface area (TPSA) is 98.7 Å². The van der Waals surface area contributed by atoms with E-state index in [0.29, 0.717) is 11.6 Å². The normalized spacial score (nSPS) is 16.0. The van der Waals surface area contributed by atoms with Gasteiger partial charge in [0.05, 0.1) is 11.6 Å². The maximum atomic E-state index is 11.8. The highest BCUT2D eigenvalue weighted by molar-refractivity contribution is 7.83. The molecule has 1 unspecified atom stereocenters. The second-order valence-electron chi connectivity index (χ2n) is 4.78. The molecule has 1 aromatic heterocycles. The smallest absolute Gasteiger partial charge is 0.407 e. The Morgan fingerprint density at radius 2 is 1.68 bits per heavy atom. The third-order valence-electron chi connectivity index (χ3n) is 3.55. The van der Waals surface area contributed by atoms with Crippen LogP contribution in [0.2, 0.25) is 0 Å². The van der Waals surface area contributed by atoms with Crippen molar-refractivity contribution in [2.75, 3.05) is 14.1 Å². The summed E-state index contributed by atoms with van der Waals surface area (Å²) in [4.78, 5) is 22.5. The second-order valence-corrected chi connectivity index (χ2v) is 6.21. The fraction of sp³-hybridized carbons (Fsp3) is 0.538. The molecule has 2 rings (SSSR count). The molecule has 0 saturated carbocycles. The van der Waals surface area contributed by atoms with Gasteiger partial charge in [0, 0.05) is 47.4 Å². The van der Waals surface area contributed by atoms with Crippen LogP contribution in [-0.2, 0) is 45.1 Å². The molecular formula is C13H19N3O5S. The van der Waals surface area contributed by atoms with Gasteiger partial charge in [0.15, 0.2) is 0 Å². The summed E-state index contributed by atoms with van der Waals surface area (Å²) in [5.74, 6) is 0.821. The van der Waals surface area contributed by atoms with Gasteiger partial charge in [-0.25, -0.2) is 9.59 Å². The lowest BCUT2D eigenvalue weighted by Gasteiger charge is -2.09. The zero-order chi connectivity index (χ0) is 16.3. The third kappa shape index (κ3) is 3.24. The number of rotatable bonds is 4. The molecule has 2 heterocycles. The Morgan fingerprint density at radius 1 is 1.14 bits per heavy atom. The number of alkyl carbamates (subject to hydrolysis) is 2. The van der Waals surface area contributed by atoms with Crippen LogP contribution in [0, 0.1) is 6.92 Å². The SMILES string of the molecule is CNC(=O)OCc1c(COC(=O)NC)c2n(c1C)CS(=O)C2. The monoisotopic (exact) mass is 329 g/mol. The number of nitrogens with zero attached hydrogens (tertiary/aromatic N) is 1. The van der Waals surface area contributed by atoms with Crippen LogP contribution >= 0.6 is 0 Å². The molecule has 1 aromatic rings. The van der Waals surface area contributed by atoms with Crippen LogP contribution in [0.5, 0.6) is 0 Å². The van der Waals surface area contributed by atoms with Gasteiger partial charge in [-0.05, 0) is 6.92 Å². The second kappa shape index (κ2) is 6.82. The molecule has 0 fully saturated rings. The number of ether oxygens (including phenoxy) is 2. The number of amides is 2. The van der Waals surface area contributed by atoms with Gasteiger partial charge in [0.2, 0.25) is 0 Å². The summed E-state index contributed by atoms with van der Waals surface area (Å²) in [5.41, 5.74) is 3.30. The number of hydrogen-bond acceptors (Lipinski definition) is 5. The maximum Gasteiger partial charge on any atom is 0.407 e. The van der Waals surface area contributed by atoms with E-state index in [4.69, 9.17) is 9.47 Å². The molecular weight excluding hydrogens is 310 g/mol. The van der Waals surface area contributed by atoms with Crippen LogP contribution in [0.4, 0.5) is 9.59 Å². The fourth-order valence-corrected chi connectivity index (χ4v) is 3.75. The number of fused-ring (bicyclic) bond motifs is 1. The van der Waals surface area contributed by atoms with Gasteiger partial charge in [0.1, 0.15) is 13.2 Å². The van der Waals surface area contributed by atoms with Crippen LogP contribution in [0.15, 0.2) is 0 Å². The fourth-order valence-electron chi connectivity index (χ4n) is 2.38. The molecule has 122 valence electrons. The van der Waals surface area contributed by atoms with Crippen molar-refractivity contribution in [2.45, 2.75) is 31.8 Å². The first-order chi connectivity index (χ1) is 10.5. The van der Waals surface area contributed by atoms with Crippen LogP contribution < -0.4 is 10.6 Å². The average Bonchev–Trinajstić information content (AvgIpc) is 2.99. The first kappa shape index (κ1) is 16.3. The van der Waals surface area contributed by atoms with Crippen molar-refractivity contribution in [3.8, 4) is 0 Å². The molecule has 1 atom stereocenters. The van der Waals surface area contributed by atoms with Crippen molar-refractivity contribution < 1.29 is 23.3 Å². The lowest BCUT2D eigenvalue weighted by Crippen LogP contribution is -2.20. The molecule has 0 saturated heterocycles. The maximum absolute atomic E-state index is 11.8. The van der Waals surface area contributed by atoms with E-state index >= 15 is 0 Å². The molecule has 2 N–H and O–H groups in total. The minimum absolute atomic E-state index is 0.0481. The lowest BCUT2D eigenvalue weighted by atomic mass is 10.1. The zero-order valence-electron chi connectivity index (χ0n) is 12.7. The molecule has 0 radical (unpaired) electrons. The molecule has 1 aliphatic rings. The van der Waals surface area contributed by atoms with Gasteiger partial charge >= 0.3 is 12.2 Å². The first-order valence-electron chi connectivity index (χ1n) is 6.71. The summed E-state index contributed by atoms with van der Waals surface area (Å²) in [6.45, 7) is 2.00. The molecule has 0 bridgehead atoms. The van der Waals surface area contributed by atoms with Crippen molar-refractivity contribution in [1.29, 1.82) is 0 Å². The minimum atomic E-state index is -0.961. The summed E-state index contributed by atoms with van der Waals surface area (Å²) in [6, 6.07) is 0. The molecule has 0 spiro atoms. The predicted octanol–water partition coefficient (Wildman–Crippen LogP) is 0.728. The van der Waals surface area contributed by atoms with Crippen molar-refractivity contribution in [1.82, 2.24) is 15.2 Å². The van der Waals surface area contributed by atoms with E-state index in [1.807, 2.05) is 11.5 Å². The van der Waals surface area contributed by atoms with E-state index in [9.17, 15) is 13.8 Å². The number of carbonyl (C=O) groups excluding carboxylic acids is 2. The zero-order valence-corrected chi connectivity index (χ0v) is 13.5. The van der Waals surface area contributed by atoms with Crippen molar-refractivity contribution in [3.05, 3.63) is 22.5 Å². The summed E-state index contributed by atoms with van der Waals surface area (Å²) < 4.78 is 23.9. The van der Waals surface area contributed by atoms with E-state index in [1.54, 1.807) is 0 Å². The summed E-state index contributed by atoms with van der Waals surface area (Å²) in [5, 5.41) is 4.75. The Balaban J connectivity index is 2.26. The molecule has 8 nitrogen and oxygen atoms in total. The van der Waals surface area contributed by atoms with Crippen molar-refractivity contribution in [3.63, 3.8) is 0 Å². The third-order valence-corrected chi connectivity index (χ3v) is 4.70. The largest absolute Gasteiger partial charge is 0.445 e. The van der Waals surface area contributed by atoms with Gasteiger partial charge in [-0.1, -0.05) is 0 Å². The Labute approximate surface area is 130 Å². The highest BCUT2D eigenvalue weighted by Crippen LogP contribution is 2.30. The van der Waals surface area contributed by atoms with Gasteiger partial charge in [-0.2, -0.15) is 0 Å². The minimum Gasteiger partial charge on any atom is -0.445 e. The Kier molecular flexibility index (Phi) is 5.07. The van der Waals surface area contributed by atoms with Crippen LogP contribution in [0.1, 0.15) is 22.5 Å². The highest BCUT2D eigenvalue weighted by Gasteiger charge is 2.28. The lowest BCUT2D eigenvalue weighted by molar-refractivity contribution is 0.134. The van der Waals surface area contributed by atoms with E-state index in [-0.39, 0.29) is 13.2 Å². The number of hydrogen-bond donors (Lipinski definition) is 2.